The molecule has 172 valence electrons. The molecule has 0 aliphatic carbocycles. The zero-order chi connectivity index (χ0) is 24.1. The predicted octanol–water partition coefficient (Wildman–Crippen LogP) is 5.30. The molecule has 0 spiro atoms. The van der Waals surface area contributed by atoms with Crippen molar-refractivity contribution in [3.05, 3.63) is 75.9 Å². The van der Waals surface area contributed by atoms with Crippen LogP contribution in [0.1, 0.15) is 28.6 Å². The van der Waals surface area contributed by atoms with Gasteiger partial charge in [0.2, 0.25) is 5.13 Å². The van der Waals surface area contributed by atoms with Crippen molar-refractivity contribution >= 4 is 39.4 Å². The van der Waals surface area contributed by atoms with E-state index in [4.69, 9.17) is 4.74 Å². The molecule has 2 heterocycles. The Balaban J connectivity index is 1.53. The number of hydrogen-bond acceptors (Lipinski definition) is 6. The van der Waals surface area contributed by atoms with Gasteiger partial charge in [0, 0.05) is 22.7 Å². The first-order chi connectivity index (χ1) is 16.5. The van der Waals surface area contributed by atoms with Gasteiger partial charge >= 0.3 is 0 Å². The number of aryl methyl sites for hydroxylation is 3. The average Bonchev–Trinajstić information content (AvgIpc) is 3.44. The Morgan fingerprint density at radius 3 is 2.76 bits per heavy atom. The summed E-state index contributed by atoms with van der Waals surface area (Å²) in [6.07, 6.45) is 4.29. The lowest BCUT2D eigenvalue weighted by Crippen LogP contribution is -2.13. The van der Waals surface area contributed by atoms with Crippen LogP contribution in [0.25, 0.3) is 17.0 Å². The molecule has 8 heteroatoms. The first-order valence-corrected chi connectivity index (χ1v) is 11.8. The number of carbonyl (C=O) groups is 1. The maximum Gasteiger partial charge on any atom is 0.268 e. The maximum atomic E-state index is 12.7. The number of anilines is 1. The molecule has 0 unspecified atom stereocenters. The van der Waals surface area contributed by atoms with E-state index >= 15 is 0 Å². The smallest absolute Gasteiger partial charge is 0.268 e. The van der Waals surface area contributed by atoms with E-state index in [0.29, 0.717) is 18.3 Å². The number of benzene rings is 2. The van der Waals surface area contributed by atoms with Gasteiger partial charge in [0.1, 0.15) is 29.0 Å². The number of rotatable bonds is 8. The van der Waals surface area contributed by atoms with Crippen molar-refractivity contribution in [2.45, 2.75) is 33.7 Å². The molecule has 0 saturated heterocycles. The molecule has 0 aliphatic rings. The van der Waals surface area contributed by atoms with Gasteiger partial charge in [0.15, 0.2) is 0 Å². The summed E-state index contributed by atoms with van der Waals surface area (Å²) < 4.78 is 8.03. The second-order valence-corrected chi connectivity index (χ2v) is 8.93. The second kappa shape index (κ2) is 10.3. The zero-order valence-corrected chi connectivity index (χ0v) is 20.1. The van der Waals surface area contributed by atoms with Crippen molar-refractivity contribution < 1.29 is 9.53 Å². The minimum absolute atomic E-state index is 0.00234. The van der Waals surface area contributed by atoms with Crippen LogP contribution in [0.15, 0.2) is 54.2 Å². The summed E-state index contributed by atoms with van der Waals surface area (Å²) >= 11 is 1.30. The van der Waals surface area contributed by atoms with Crippen molar-refractivity contribution in [1.82, 2.24) is 14.8 Å². The van der Waals surface area contributed by atoms with Gasteiger partial charge in [-0.25, -0.2) is 0 Å². The lowest BCUT2D eigenvalue weighted by atomic mass is 10.1. The van der Waals surface area contributed by atoms with E-state index in [1.165, 1.54) is 22.5 Å². The van der Waals surface area contributed by atoms with Crippen molar-refractivity contribution in [3.63, 3.8) is 0 Å². The number of carbonyl (C=O) groups excluding carboxylic acids is 1. The fraction of sp³-hybridized carbons (Fsp3) is 0.231. The van der Waals surface area contributed by atoms with E-state index in [0.717, 1.165) is 33.6 Å². The molecule has 7 nitrogen and oxygen atoms in total. The molecule has 4 aromatic rings. The Kier molecular flexibility index (Phi) is 7.04. The van der Waals surface area contributed by atoms with Crippen LogP contribution in [-0.2, 0) is 17.8 Å². The van der Waals surface area contributed by atoms with Crippen LogP contribution >= 0.6 is 11.3 Å². The summed E-state index contributed by atoms with van der Waals surface area (Å²) in [5.41, 5.74) is 4.22. The number of amides is 1. The van der Waals surface area contributed by atoms with Gasteiger partial charge in [-0.15, -0.1) is 10.2 Å². The highest BCUT2D eigenvalue weighted by atomic mass is 32.1. The number of aromatic nitrogens is 3. The topological polar surface area (TPSA) is 92.8 Å². The Hall–Kier alpha value is -3.96. The molecule has 0 radical (unpaired) electrons. The molecule has 0 atom stereocenters. The number of ether oxygens (including phenoxy) is 1. The average molecular weight is 472 g/mol. The number of hydrogen-bond donors (Lipinski definition) is 1. The van der Waals surface area contributed by atoms with E-state index in [-0.39, 0.29) is 5.57 Å². The van der Waals surface area contributed by atoms with Gasteiger partial charge in [-0.05, 0) is 55.7 Å². The summed E-state index contributed by atoms with van der Waals surface area (Å²) in [6, 6.07) is 16.0. The number of para-hydroxylation sites is 1. The maximum absolute atomic E-state index is 12.7. The summed E-state index contributed by atoms with van der Waals surface area (Å²) in [7, 11) is 0. The molecular weight excluding hydrogens is 446 g/mol. The Bertz CT molecular complexity index is 1410. The van der Waals surface area contributed by atoms with Crippen LogP contribution < -0.4 is 10.1 Å². The fourth-order valence-electron chi connectivity index (χ4n) is 3.56. The van der Waals surface area contributed by atoms with Crippen LogP contribution in [0.5, 0.6) is 5.75 Å². The van der Waals surface area contributed by atoms with E-state index in [9.17, 15) is 10.1 Å². The third-order valence-corrected chi connectivity index (χ3v) is 6.54. The summed E-state index contributed by atoms with van der Waals surface area (Å²) in [5.74, 6) is 0.335. The lowest BCUT2D eigenvalue weighted by Gasteiger charge is -2.10. The van der Waals surface area contributed by atoms with Crippen LogP contribution in [0, 0.1) is 25.2 Å². The van der Waals surface area contributed by atoms with Gasteiger partial charge in [0.05, 0.1) is 6.54 Å². The fourth-order valence-corrected chi connectivity index (χ4v) is 4.23. The molecule has 4 rings (SSSR count). The Labute approximate surface area is 202 Å². The molecular formula is C26H25N5O2S. The number of nitriles is 1. The van der Waals surface area contributed by atoms with Gasteiger partial charge in [-0.3, -0.25) is 10.1 Å². The number of nitrogens with one attached hydrogen (secondary N) is 1. The van der Waals surface area contributed by atoms with Crippen molar-refractivity contribution in [2.75, 3.05) is 11.9 Å². The van der Waals surface area contributed by atoms with Crippen molar-refractivity contribution in [2.24, 2.45) is 0 Å². The van der Waals surface area contributed by atoms with Gasteiger partial charge in [-0.1, -0.05) is 42.5 Å². The highest BCUT2D eigenvalue weighted by molar-refractivity contribution is 7.15. The largest absolute Gasteiger partial charge is 0.492 e. The summed E-state index contributed by atoms with van der Waals surface area (Å²) in [6.45, 7) is 7.23. The molecule has 1 N–H and O–H groups in total. The van der Waals surface area contributed by atoms with Crippen LogP contribution in [-0.4, -0.2) is 27.3 Å². The molecule has 0 fully saturated rings. The van der Waals surface area contributed by atoms with Crippen LogP contribution in [0.4, 0.5) is 5.13 Å². The van der Waals surface area contributed by atoms with E-state index in [1.807, 2.05) is 55.6 Å². The molecule has 2 aromatic carbocycles. The predicted molar refractivity (Wildman–Crippen MR) is 135 cm³/mol. The Morgan fingerprint density at radius 1 is 1.21 bits per heavy atom. The standard InChI is InChI=1S/C26H25N5O2S/c1-4-24-29-30-26(34-24)28-25(32)19(15-27)14-20-16-31(23-8-6-5-7-22(20)23)11-12-33-21-10-9-17(2)18(3)13-21/h5-10,13-14,16H,4,11-12H2,1-3H3,(H,28,30,32)/b19-14-. The van der Waals surface area contributed by atoms with Gasteiger partial charge in [-0.2, -0.15) is 5.26 Å². The van der Waals surface area contributed by atoms with E-state index in [1.54, 1.807) is 6.08 Å². The van der Waals surface area contributed by atoms with Crippen LogP contribution in [0.3, 0.4) is 0 Å². The number of fused-ring (bicyclic) bond motifs is 1. The monoisotopic (exact) mass is 471 g/mol. The third-order valence-electron chi connectivity index (χ3n) is 5.55. The highest BCUT2D eigenvalue weighted by Crippen LogP contribution is 2.25. The third kappa shape index (κ3) is 5.16. The number of nitrogens with zero attached hydrogens (tertiary/aromatic N) is 4. The molecule has 0 aliphatic heterocycles. The van der Waals surface area contributed by atoms with Gasteiger partial charge < -0.3 is 9.30 Å². The first-order valence-electron chi connectivity index (χ1n) is 11.0. The van der Waals surface area contributed by atoms with Crippen molar-refractivity contribution in [1.29, 1.82) is 5.26 Å². The van der Waals surface area contributed by atoms with Crippen molar-refractivity contribution in [3.8, 4) is 11.8 Å². The lowest BCUT2D eigenvalue weighted by molar-refractivity contribution is -0.112. The molecule has 1 amide bonds. The Morgan fingerprint density at radius 2 is 2.03 bits per heavy atom. The van der Waals surface area contributed by atoms with E-state index in [2.05, 4.69) is 40.0 Å². The van der Waals surface area contributed by atoms with Crippen LogP contribution in [0.2, 0.25) is 0 Å². The highest BCUT2D eigenvalue weighted by Gasteiger charge is 2.15. The SMILES string of the molecule is CCc1nnc(NC(=O)/C(C#N)=C\c2cn(CCOc3ccc(C)c(C)c3)c3ccccc23)s1. The summed E-state index contributed by atoms with van der Waals surface area (Å²) in [5, 5.41) is 22.4. The minimum Gasteiger partial charge on any atom is -0.492 e. The van der Waals surface area contributed by atoms with Gasteiger partial charge in [0.25, 0.3) is 5.91 Å². The molecule has 34 heavy (non-hydrogen) atoms. The summed E-state index contributed by atoms with van der Waals surface area (Å²) in [4.78, 5) is 12.7. The first kappa shape index (κ1) is 23.2. The normalized spacial score (nSPS) is 11.4. The van der Waals surface area contributed by atoms with E-state index < -0.39 is 5.91 Å². The minimum atomic E-state index is -0.504. The zero-order valence-electron chi connectivity index (χ0n) is 19.3. The quantitative estimate of drug-likeness (QED) is 0.278. The molecule has 2 aromatic heterocycles. The second-order valence-electron chi connectivity index (χ2n) is 7.87. The molecule has 0 saturated carbocycles. The molecule has 0 bridgehead atoms.